The van der Waals surface area contributed by atoms with Gasteiger partial charge < -0.3 is 11.1 Å². The van der Waals surface area contributed by atoms with E-state index in [2.05, 4.69) is 5.32 Å². The summed E-state index contributed by atoms with van der Waals surface area (Å²) in [5.41, 5.74) is 6.30. The Labute approximate surface area is 168 Å². The molecular weight excluding hydrogens is 386 g/mol. The van der Waals surface area contributed by atoms with E-state index < -0.39 is 10.0 Å². The Kier molecular flexibility index (Phi) is 7.30. The standard InChI is InChI=1S/C19H29N3O3S.ClH/c1-19(14-20,16-7-8-16)21-18(23)13-15-5-9-17(10-6-15)26(24,25)22-11-3-2-4-12-22;/h5-6,9-10,16H,2-4,7-8,11-14,20H2,1H3,(H,21,23);1H. The zero-order valence-electron chi connectivity index (χ0n) is 15.8. The molecule has 3 N–H and O–H groups in total. The number of carbonyl (C=O) groups excluding carboxylic acids is 1. The summed E-state index contributed by atoms with van der Waals surface area (Å²) in [6.45, 7) is 3.60. The molecule has 6 nitrogen and oxygen atoms in total. The van der Waals surface area contributed by atoms with Gasteiger partial charge in [0.25, 0.3) is 0 Å². The first-order valence-electron chi connectivity index (χ1n) is 9.45. The van der Waals surface area contributed by atoms with Gasteiger partial charge in [0, 0.05) is 19.6 Å². The van der Waals surface area contributed by atoms with E-state index in [1.807, 2.05) is 6.92 Å². The summed E-state index contributed by atoms with van der Waals surface area (Å²) < 4.78 is 26.9. The van der Waals surface area contributed by atoms with Crippen LogP contribution in [-0.4, -0.2) is 43.8 Å². The summed E-state index contributed by atoms with van der Waals surface area (Å²) in [5, 5.41) is 3.06. The molecule has 1 heterocycles. The number of nitrogens with two attached hydrogens (primary N) is 1. The van der Waals surface area contributed by atoms with Crippen molar-refractivity contribution in [2.24, 2.45) is 11.7 Å². The van der Waals surface area contributed by atoms with Crippen LogP contribution in [-0.2, 0) is 21.2 Å². The minimum absolute atomic E-state index is 0. The Morgan fingerprint density at radius 3 is 2.30 bits per heavy atom. The monoisotopic (exact) mass is 415 g/mol. The molecule has 1 aliphatic carbocycles. The number of piperidine rings is 1. The van der Waals surface area contributed by atoms with Gasteiger partial charge in [-0.15, -0.1) is 12.4 Å². The van der Waals surface area contributed by atoms with Gasteiger partial charge in [-0.2, -0.15) is 4.31 Å². The van der Waals surface area contributed by atoms with E-state index in [1.165, 1.54) is 0 Å². The van der Waals surface area contributed by atoms with Crippen LogP contribution >= 0.6 is 12.4 Å². The van der Waals surface area contributed by atoms with Crippen LogP contribution in [0.1, 0.15) is 44.6 Å². The summed E-state index contributed by atoms with van der Waals surface area (Å²) in [6.07, 6.45) is 5.36. The SMILES string of the molecule is CC(CN)(NC(=O)Cc1ccc(S(=O)(=O)N2CCCCC2)cc1)C1CC1.Cl. The van der Waals surface area contributed by atoms with Gasteiger partial charge >= 0.3 is 0 Å². The number of carbonyl (C=O) groups is 1. The second kappa shape index (κ2) is 8.90. The highest BCUT2D eigenvalue weighted by atomic mass is 35.5. The molecule has 1 aliphatic heterocycles. The van der Waals surface area contributed by atoms with Crippen LogP contribution in [0.2, 0.25) is 0 Å². The lowest BCUT2D eigenvalue weighted by Crippen LogP contribution is -2.53. The van der Waals surface area contributed by atoms with E-state index in [0.29, 0.717) is 30.4 Å². The quantitative estimate of drug-likeness (QED) is 0.712. The minimum atomic E-state index is -3.43. The lowest BCUT2D eigenvalue weighted by Gasteiger charge is -2.29. The predicted octanol–water partition coefficient (Wildman–Crippen LogP) is 2.07. The Hall–Kier alpha value is -1.15. The van der Waals surface area contributed by atoms with Crippen LogP contribution in [0.15, 0.2) is 29.2 Å². The highest BCUT2D eigenvalue weighted by molar-refractivity contribution is 7.89. The molecule has 3 rings (SSSR count). The fraction of sp³-hybridized carbons (Fsp3) is 0.632. The van der Waals surface area contributed by atoms with E-state index in [9.17, 15) is 13.2 Å². The fourth-order valence-electron chi connectivity index (χ4n) is 3.62. The summed E-state index contributed by atoms with van der Waals surface area (Å²) in [6, 6.07) is 6.67. The van der Waals surface area contributed by atoms with Crippen LogP contribution in [0.4, 0.5) is 0 Å². The van der Waals surface area contributed by atoms with Crippen LogP contribution in [0.3, 0.4) is 0 Å². The number of sulfonamides is 1. The normalized spacial score (nSPS) is 20.4. The van der Waals surface area contributed by atoms with Gasteiger partial charge in [-0.3, -0.25) is 4.79 Å². The molecule has 0 bridgehead atoms. The number of benzene rings is 1. The van der Waals surface area contributed by atoms with Gasteiger partial charge in [0.05, 0.1) is 16.9 Å². The molecule has 0 radical (unpaired) electrons. The summed E-state index contributed by atoms with van der Waals surface area (Å²) in [4.78, 5) is 12.7. The van der Waals surface area contributed by atoms with Crippen LogP contribution < -0.4 is 11.1 Å². The molecule has 27 heavy (non-hydrogen) atoms. The van der Waals surface area contributed by atoms with E-state index in [4.69, 9.17) is 5.73 Å². The maximum Gasteiger partial charge on any atom is 0.243 e. The molecule has 2 aliphatic rings. The van der Waals surface area contributed by atoms with Gasteiger partial charge in [0.2, 0.25) is 15.9 Å². The summed E-state index contributed by atoms with van der Waals surface area (Å²) in [5.74, 6) is 0.394. The Bertz CT molecular complexity index is 744. The third-order valence-electron chi connectivity index (χ3n) is 5.57. The molecule has 0 spiro atoms. The third kappa shape index (κ3) is 5.22. The molecule has 1 atom stereocenters. The zero-order chi connectivity index (χ0) is 18.8. The topological polar surface area (TPSA) is 92.5 Å². The smallest absolute Gasteiger partial charge is 0.243 e. The van der Waals surface area contributed by atoms with Crippen LogP contribution in [0, 0.1) is 5.92 Å². The lowest BCUT2D eigenvalue weighted by molar-refractivity contribution is -0.122. The summed E-state index contributed by atoms with van der Waals surface area (Å²) in [7, 11) is -3.43. The maximum atomic E-state index is 12.7. The fourth-order valence-corrected chi connectivity index (χ4v) is 5.14. The second-order valence-electron chi connectivity index (χ2n) is 7.73. The third-order valence-corrected chi connectivity index (χ3v) is 7.48. The van der Waals surface area contributed by atoms with E-state index in [1.54, 1.807) is 28.6 Å². The van der Waals surface area contributed by atoms with Gasteiger partial charge in [0.15, 0.2) is 0 Å². The number of nitrogens with zero attached hydrogens (tertiary/aromatic N) is 1. The van der Waals surface area contributed by atoms with Crippen LogP contribution in [0.25, 0.3) is 0 Å². The van der Waals surface area contributed by atoms with Gasteiger partial charge in [0.1, 0.15) is 0 Å². The van der Waals surface area contributed by atoms with E-state index >= 15 is 0 Å². The average Bonchev–Trinajstić information content (AvgIpc) is 3.48. The molecule has 1 amide bonds. The van der Waals surface area contributed by atoms with Crippen molar-refractivity contribution in [2.45, 2.75) is 55.9 Å². The van der Waals surface area contributed by atoms with Crippen molar-refractivity contribution in [1.82, 2.24) is 9.62 Å². The number of hydrogen-bond acceptors (Lipinski definition) is 4. The molecule has 0 aromatic heterocycles. The number of rotatable bonds is 7. The van der Waals surface area contributed by atoms with Crippen molar-refractivity contribution in [3.63, 3.8) is 0 Å². The molecule has 1 saturated carbocycles. The number of nitrogens with one attached hydrogen (secondary N) is 1. The molecule has 2 fully saturated rings. The van der Waals surface area contributed by atoms with Crippen molar-refractivity contribution < 1.29 is 13.2 Å². The number of halogens is 1. The molecule has 1 saturated heterocycles. The van der Waals surface area contributed by atoms with Gasteiger partial charge in [-0.25, -0.2) is 8.42 Å². The Morgan fingerprint density at radius 2 is 1.78 bits per heavy atom. The van der Waals surface area contributed by atoms with E-state index in [0.717, 1.165) is 37.7 Å². The average molecular weight is 416 g/mol. The first-order valence-corrected chi connectivity index (χ1v) is 10.9. The van der Waals surface area contributed by atoms with Crippen molar-refractivity contribution in [2.75, 3.05) is 19.6 Å². The van der Waals surface area contributed by atoms with E-state index in [-0.39, 0.29) is 30.3 Å². The first kappa shape index (κ1) is 22.1. The maximum absolute atomic E-state index is 12.7. The van der Waals surface area contributed by atoms with Gasteiger partial charge in [-0.05, 0) is 56.2 Å². The minimum Gasteiger partial charge on any atom is -0.349 e. The largest absolute Gasteiger partial charge is 0.349 e. The Balaban J connectivity index is 0.00000261. The van der Waals surface area contributed by atoms with Crippen molar-refractivity contribution in [1.29, 1.82) is 0 Å². The number of hydrogen-bond donors (Lipinski definition) is 2. The van der Waals surface area contributed by atoms with Crippen molar-refractivity contribution in [3.8, 4) is 0 Å². The molecule has 1 unspecified atom stereocenters. The van der Waals surface area contributed by atoms with Crippen molar-refractivity contribution >= 4 is 28.3 Å². The van der Waals surface area contributed by atoms with Gasteiger partial charge in [-0.1, -0.05) is 18.6 Å². The first-order chi connectivity index (χ1) is 12.3. The van der Waals surface area contributed by atoms with Crippen LogP contribution in [0.5, 0.6) is 0 Å². The molecule has 152 valence electrons. The highest BCUT2D eigenvalue weighted by Gasteiger charge is 2.41. The predicted molar refractivity (Wildman–Crippen MR) is 108 cm³/mol. The van der Waals surface area contributed by atoms with Crippen molar-refractivity contribution in [3.05, 3.63) is 29.8 Å². The molecule has 8 heteroatoms. The molecule has 1 aromatic carbocycles. The molecule has 1 aromatic rings. The zero-order valence-corrected chi connectivity index (χ0v) is 17.4. The second-order valence-corrected chi connectivity index (χ2v) is 9.67. The lowest BCUT2D eigenvalue weighted by atomic mass is 9.95. The summed E-state index contributed by atoms with van der Waals surface area (Å²) >= 11 is 0. The highest BCUT2D eigenvalue weighted by Crippen LogP contribution is 2.39. The Morgan fingerprint density at radius 1 is 1.19 bits per heavy atom. The molecular formula is C19H30ClN3O3S. The number of amides is 1.